The maximum Gasteiger partial charge on any atom is 0.410 e. The van der Waals surface area contributed by atoms with Gasteiger partial charge in [-0.15, -0.1) is 0 Å². The highest BCUT2D eigenvalue weighted by Gasteiger charge is 2.30. The number of hydrogen-bond donors (Lipinski definition) is 2. The van der Waals surface area contributed by atoms with Gasteiger partial charge < -0.3 is 20.7 Å². The second-order valence-corrected chi connectivity index (χ2v) is 8.17. The lowest BCUT2D eigenvalue weighted by Gasteiger charge is -2.36. The molecule has 0 aromatic carbocycles. The van der Waals surface area contributed by atoms with Gasteiger partial charge in [-0.2, -0.15) is 0 Å². The molecule has 0 aromatic heterocycles. The van der Waals surface area contributed by atoms with Crippen LogP contribution in [0, 0.1) is 5.92 Å². The summed E-state index contributed by atoms with van der Waals surface area (Å²) in [4.78, 5) is 14.3. The molecule has 3 atom stereocenters. The number of nitrogens with one attached hydrogen (secondary N) is 1. The lowest BCUT2D eigenvalue weighted by molar-refractivity contribution is 0.0239. The Hall–Kier alpha value is -0.810. The number of amides is 1. The van der Waals surface area contributed by atoms with E-state index in [2.05, 4.69) is 5.32 Å². The van der Waals surface area contributed by atoms with Gasteiger partial charge in [-0.05, 0) is 58.9 Å². The van der Waals surface area contributed by atoms with E-state index in [0.29, 0.717) is 18.0 Å². The number of carbonyl (C=O) groups excluding carboxylic acids is 1. The van der Waals surface area contributed by atoms with Crippen molar-refractivity contribution in [3.63, 3.8) is 0 Å². The molecule has 0 bridgehead atoms. The molecule has 1 aliphatic heterocycles. The zero-order chi connectivity index (χ0) is 16.9. The number of likely N-dealkylation sites (tertiary alicyclic amines) is 1. The quantitative estimate of drug-likeness (QED) is 0.837. The van der Waals surface area contributed by atoms with Crippen molar-refractivity contribution in [3.8, 4) is 0 Å². The molecule has 5 nitrogen and oxygen atoms in total. The number of rotatable bonds is 3. The van der Waals surface area contributed by atoms with Crippen LogP contribution in [0.1, 0.15) is 65.7 Å². The Morgan fingerprint density at radius 3 is 2.57 bits per heavy atom. The Kier molecular flexibility index (Phi) is 6.72. The molecule has 0 spiro atoms. The molecular formula is C18H35N3O2. The third kappa shape index (κ3) is 5.96. The van der Waals surface area contributed by atoms with E-state index in [0.717, 1.165) is 38.9 Å². The lowest BCUT2D eigenvalue weighted by atomic mass is 9.84. The predicted molar refractivity (Wildman–Crippen MR) is 93.4 cm³/mol. The fourth-order valence-electron chi connectivity index (χ4n) is 3.78. The van der Waals surface area contributed by atoms with Gasteiger partial charge in [0.1, 0.15) is 5.60 Å². The Balaban J connectivity index is 1.92. The van der Waals surface area contributed by atoms with E-state index in [1.54, 1.807) is 0 Å². The van der Waals surface area contributed by atoms with Crippen LogP contribution in [0.25, 0.3) is 0 Å². The summed E-state index contributed by atoms with van der Waals surface area (Å²) in [5.41, 5.74) is 5.52. The maximum atomic E-state index is 12.4. The number of nitrogens with two attached hydrogens (primary N) is 1. The summed E-state index contributed by atoms with van der Waals surface area (Å²) < 4.78 is 5.55. The highest BCUT2D eigenvalue weighted by Crippen LogP contribution is 2.25. The van der Waals surface area contributed by atoms with Crippen LogP contribution in [-0.2, 0) is 4.74 Å². The summed E-state index contributed by atoms with van der Waals surface area (Å²) in [5, 5.41) is 3.82. The van der Waals surface area contributed by atoms with Crippen molar-refractivity contribution < 1.29 is 9.53 Å². The first-order chi connectivity index (χ1) is 10.9. The molecule has 1 saturated heterocycles. The minimum Gasteiger partial charge on any atom is -0.444 e. The first-order valence-electron chi connectivity index (χ1n) is 9.33. The fraction of sp³-hybridized carbons (Fsp3) is 0.944. The summed E-state index contributed by atoms with van der Waals surface area (Å²) >= 11 is 0. The van der Waals surface area contributed by atoms with E-state index < -0.39 is 5.60 Å². The second-order valence-electron chi connectivity index (χ2n) is 8.17. The van der Waals surface area contributed by atoms with Gasteiger partial charge in [-0.3, -0.25) is 0 Å². The molecule has 2 aliphatic rings. The Labute approximate surface area is 141 Å². The maximum absolute atomic E-state index is 12.4. The number of hydrogen-bond acceptors (Lipinski definition) is 4. The standard InChI is InChI=1S/C18H35N3O2/c1-18(2,3)23-17(22)21-11-7-6-9-15(13-21)20-16-10-5-4-8-14(16)12-19/h14-16,20H,4-13,19H2,1-3H3. The summed E-state index contributed by atoms with van der Waals surface area (Å²) in [5.74, 6) is 0.585. The lowest BCUT2D eigenvalue weighted by Crippen LogP contribution is -2.51. The molecule has 23 heavy (non-hydrogen) atoms. The van der Waals surface area contributed by atoms with Crippen LogP contribution >= 0.6 is 0 Å². The van der Waals surface area contributed by atoms with Gasteiger partial charge in [0, 0.05) is 25.2 Å². The summed E-state index contributed by atoms with van der Waals surface area (Å²) in [6, 6.07) is 0.875. The van der Waals surface area contributed by atoms with Gasteiger partial charge in [0.25, 0.3) is 0 Å². The summed E-state index contributed by atoms with van der Waals surface area (Å²) in [6.07, 6.45) is 8.21. The molecule has 0 radical (unpaired) electrons. The van der Waals surface area contributed by atoms with E-state index in [4.69, 9.17) is 10.5 Å². The molecule has 0 aromatic rings. The number of nitrogens with zero attached hydrogens (tertiary/aromatic N) is 1. The molecule has 1 saturated carbocycles. The van der Waals surface area contributed by atoms with Crippen molar-refractivity contribution in [1.82, 2.24) is 10.2 Å². The van der Waals surface area contributed by atoms with Crippen molar-refractivity contribution in [2.75, 3.05) is 19.6 Å². The van der Waals surface area contributed by atoms with E-state index in [-0.39, 0.29) is 6.09 Å². The summed E-state index contributed by atoms with van der Waals surface area (Å²) in [7, 11) is 0. The SMILES string of the molecule is CC(C)(C)OC(=O)N1CCCCC(NC2CCCCC2CN)C1. The van der Waals surface area contributed by atoms with Gasteiger partial charge in [0.2, 0.25) is 0 Å². The minimum absolute atomic E-state index is 0.176. The van der Waals surface area contributed by atoms with E-state index >= 15 is 0 Å². The van der Waals surface area contributed by atoms with Gasteiger partial charge in [0.15, 0.2) is 0 Å². The molecule has 1 heterocycles. The van der Waals surface area contributed by atoms with Crippen LogP contribution in [0.3, 0.4) is 0 Å². The zero-order valence-corrected chi connectivity index (χ0v) is 15.1. The van der Waals surface area contributed by atoms with Crippen LogP contribution in [0.15, 0.2) is 0 Å². The second kappa shape index (κ2) is 8.34. The zero-order valence-electron chi connectivity index (χ0n) is 15.1. The monoisotopic (exact) mass is 325 g/mol. The normalized spacial score (nSPS) is 29.9. The highest BCUT2D eigenvalue weighted by molar-refractivity contribution is 5.68. The Morgan fingerprint density at radius 1 is 1.17 bits per heavy atom. The van der Waals surface area contributed by atoms with E-state index in [9.17, 15) is 4.79 Å². The average molecular weight is 325 g/mol. The molecule has 5 heteroatoms. The summed E-state index contributed by atoms with van der Waals surface area (Å²) in [6.45, 7) is 8.09. The third-order valence-corrected chi connectivity index (χ3v) is 4.98. The molecule has 2 rings (SSSR count). The Morgan fingerprint density at radius 2 is 1.87 bits per heavy atom. The predicted octanol–water partition coefficient (Wildman–Crippen LogP) is 2.88. The first kappa shape index (κ1) is 18.5. The van der Waals surface area contributed by atoms with Crippen molar-refractivity contribution in [1.29, 1.82) is 0 Å². The average Bonchev–Trinajstić information content (AvgIpc) is 2.72. The van der Waals surface area contributed by atoms with Gasteiger partial charge in [-0.25, -0.2) is 4.79 Å². The van der Waals surface area contributed by atoms with Crippen molar-refractivity contribution >= 4 is 6.09 Å². The van der Waals surface area contributed by atoms with Crippen LogP contribution in [0.2, 0.25) is 0 Å². The molecule has 1 amide bonds. The minimum atomic E-state index is -0.430. The molecule has 2 fully saturated rings. The highest BCUT2D eigenvalue weighted by atomic mass is 16.6. The first-order valence-corrected chi connectivity index (χ1v) is 9.33. The van der Waals surface area contributed by atoms with Gasteiger partial charge in [0.05, 0.1) is 0 Å². The van der Waals surface area contributed by atoms with Crippen molar-refractivity contribution in [2.45, 2.75) is 83.4 Å². The van der Waals surface area contributed by atoms with E-state index in [1.165, 1.54) is 25.7 Å². The van der Waals surface area contributed by atoms with Gasteiger partial charge in [-0.1, -0.05) is 19.3 Å². The van der Waals surface area contributed by atoms with Crippen LogP contribution in [0.4, 0.5) is 4.79 Å². The largest absolute Gasteiger partial charge is 0.444 e. The number of ether oxygens (including phenoxy) is 1. The smallest absolute Gasteiger partial charge is 0.410 e. The molecular weight excluding hydrogens is 290 g/mol. The van der Waals surface area contributed by atoms with Crippen molar-refractivity contribution in [2.24, 2.45) is 11.7 Å². The van der Waals surface area contributed by atoms with Crippen LogP contribution < -0.4 is 11.1 Å². The molecule has 134 valence electrons. The van der Waals surface area contributed by atoms with Crippen molar-refractivity contribution in [3.05, 3.63) is 0 Å². The topological polar surface area (TPSA) is 67.6 Å². The fourth-order valence-corrected chi connectivity index (χ4v) is 3.78. The Bertz CT molecular complexity index is 381. The van der Waals surface area contributed by atoms with E-state index in [1.807, 2.05) is 25.7 Å². The van der Waals surface area contributed by atoms with Crippen LogP contribution in [-0.4, -0.2) is 48.3 Å². The molecule has 3 N–H and O–H groups in total. The molecule has 3 unspecified atom stereocenters. The van der Waals surface area contributed by atoms with Crippen LogP contribution in [0.5, 0.6) is 0 Å². The molecule has 1 aliphatic carbocycles. The number of carbonyl (C=O) groups is 1. The van der Waals surface area contributed by atoms with Gasteiger partial charge >= 0.3 is 6.09 Å². The third-order valence-electron chi connectivity index (χ3n) is 4.98.